The molecule has 11 nitrogen and oxygen atoms in total. The summed E-state index contributed by atoms with van der Waals surface area (Å²) in [6.07, 6.45) is -8.32. The summed E-state index contributed by atoms with van der Waals surface area (Å²) in [4.78, 5) is 0. The van der Waals surface area contributed by atoms with E-state index in [2.05, 4.69) is 4.74 Å². The minimum Gasteiger partial charge on any atom is -0.571 e. The Morgan fingerprint density at radius 1 is 0.806 bits per heavy atom. The molecule has 0 spiro atoms. The number of phenols is 4. The fourth-order valence-electron chi connectivity index (χ4n) is 3.40. The monoisotopic (exact) mass is 437 g/mol. The zero-order chi connectivity index (χ0) is 22.4. The molecule has 0 amide bonds. The lowest BCUT2D eigenvalue weighted by Gasteiger charge is -2.39. The molecule has 1 saturated heterocycles. The van der Waals surface area contributed by atoms with Gasteiger partial charge in [0.25, 0.3) is 11.9 Å². The summed E-state index contributed by atoms with van der Waals surface area (Å²) in [6, 6.07) is 6.28. The van der Waals surface area contributed by atoms with Gasteiger partial charge in [0, 0.05) is 12.1 Å². The lowest BCUT2D eigenvalue weighted by molar-refractivity contribution is -0.335. The van der Waals surface area contributed by atoms with Gasteiger partial charge in [-0.3, -0.25) is 0 Å². The van der Waals surface area contributed by atoms with Crippen LogP contribution in [0.3, 0.4) is 0 Å². The number of ether oxygens (including phenoxy) is 3. The summed E-state index contributed by atoms with van der Waals surface area (Å²) >= 11 is 0. The number of aromatic hydroxyl groups is 5. The molecule has 9 N–H and O–H groups in total. The third-order valence-electron chi connectivity index (χ3n) is 5.06. The van der Waals surface area contributed by atoms with Crippen LogP contribution in [-0.4, -0.2) is 76.5 Å². The standard InChI is InChI=1S/C20H20O11/c21-8-4-11(23)9-6-14(30-20-17(27)15(25)16(26)19(28)31-20)18(29-13(9)5-8)7-1-2-10(22)12(24)3-7/h1-6,15-28H/p+1/t15-,16+,17+,18?,19-,20-/m1/s1. The molecule has 6 atom stereocenters. The maximum absolute atomic E-state index is 10.2. The van der Waals surface area contributed by atoms with Gasteiger partial charge in [0.1, 0.15) is 35.4 Å². The van der Waals surface area contributed by atoms with Crippen LogP contribution in [0.2, 0.25) is 0 Å². The molecule has 31 heavy (non-hydrogen) atoms. The summed E-state index contributed by atoms with van der Waals surface area (Å²) in [7, 11) is 0. The van der Waals surface area contributed by atoms with Crippen LogP contribution in [0.15, 0.2) is 36.1 Å². The average molecular weight is 437 g/mol. The van der Waals surface area contributed by atoms with E-state index in [0.717, 1.165) is 6.07 Å². The predicted molar refractivity (Wildman–Crippen MR) is 102 cm³/mol. The Labute approximate surface area is 174 Å². The van der Waals surface area contributed by atoms with Crippen LogP contribution >= 0.6 is 0 Å². The molecular weight excluding hydrogens is 416 g/mol. The van der Waals surface area contributed by atoms with E-state index in [4.69, 9.17) is 9.47 Å². The molecule has 166 valence electrons. The van der Waals surface area contributed by atoms with Crippen molar-refractivity contribution < 1.29 is 55.1 Å². The molecule has 0 saturated carbocycles. The quantitative estimate of drug-likeness (QED) is 0.232. The highest BCUT2D eigenvalue weighted by atomic mass is 16.7. The Morgan fingerprint density at radius 3 is 2.26 bits per heavy atom. The maximum atomic E-state index is 10.2. The van der Waals surface area contributed by atoms with Gasteiger partial charge in [-0.15, -0.1) is 0 Å². The van der Waals surface area contributed by atoms with Crippen molar-refractivity contribution in [2.75, 3.05) is 0 Å². The fraction of sp³-hybridized carbons (Fsp3) is 0.300. The average Bonchev–Trinajstić information content (AvgIpc) is 2.72. The van der Waals surface area contributed by atoms with Crippen LogP contribution < -0.4 is 0 Å². The SMILES string of the molecule is Oc1cc(O)c2c(c1)[OH+]C(c1ccc(O)c(O)c1)C(O[C@@H]1O[C@@H](O)[C@@H](O)[C@@H](O)[C@@H]1O)=C2. The lowest BCUT2D eigenvalue weighted by Crippen LogP contribution is -2.58. The molecule has 0 bridgehead atoms. The van der Waals surface area contributed by atoms with E-state index in [1.54, 1.807) is 0 Å². The molecule has 2 aromatic rings. The first-order chi connectivity index (χ1) is 14.7. The predicted octanol–water partition coefficient (Wildman–Crippen LogP) is -0.380. The molecule has 0 aliphatic carbocycles. The maximum Gasteiger partial charge on any atom is 0.270 e. The van der Waals surface area contributed by atoms with Crippen molar-refractivity contribution in [2.45, 2.75) is 37.0 Å². The number of fused-ring (bicyclic) bond motifs is 1. The highest BCUT2D eigenvalue weighted by Crippen LogP contribution is 2.46. The number of aliphatic hydroxyl groups is 5. The topological polar surface area (TPSA) is 193 Å². The summed E-state index contributed by atoms with van der Waals surface area (Å²) in [6.45, 7) is 0. The van der Waals surface area contributed by atoms with Crippen LogP contribution in [0, 0.1) is 0 Å². The fourth-order valence-corrected chi connectivity index (χ4v) is 3.40. The van der Waals surface area contributed by atoms with E-state index in [1.165, 1.54) is 30.3 Å². The molecule has 4 rings (SSSR count). The molecular formula is C20H21O11+. The minimum absolute atomic E-state index is 0.0154. The summed E-state index contributed by atoms with van der Waals surface area (Å²) in [5.41, 5.74) is 0.514. The highest BCUT2D eigenvalue weighted by Gasteiger charge is 2.46. The Morgan fingerprint density at radius 2 is 1.55 bits per heavy atom. The van der Waals surface area contributed by atoms with Gasteiger partial charge in [-0.1, -0.05) is 0 Å². The molecule has 2 aliphatic rings. The van der Waals surface area contributed by atoms with Crippen molar-refractivity contribution in [3.63, 3.8) is 0 Å². The first kappa shape index (κ1) is 21.0. The first-order valence-electron chi connectivity index (χ1n) is 9.20. The first-order valence-corrected chi connectivity index (χ1v) is 9.20. The van der Waals surface area contributed by atoms with E-state index in [-0.39, 0.29) is 34.3 Å². The van der Waals surface area contributed by atoms with Gasteiger partial charge in [-0.25, -0.2) is 0 Å². The highest BCUT2D eigenvalue weighted by molar-refractivity contribution is 5.69. The zero-order valence-corrected chi connectivity index (χ0v) is 15.8. The van der Waals surface area contributed by atoms with Gasteiger partial charge in [0.05, 0.1) is 11.6 Å². The van der Waals surface area contributed by atoms with Crippen LogP contribution in [0.25, 0.3) is 6.08 Å². The van der Waals surface area contributed by atoms with Gasteiger partial charge in [0.15, 0.2) is 23.5 Å². The van der Waals surface area contributed by atoms with Gasteiger partial charge in [-0.05, 0) is 18.2 Å². The second kappa shape index (κ2) is 7.80. The summed E-state index contributed by atoms with van der Waals surface area (Å²) < 4.78 is 15.1. The van der Waals surface area contributed by atoms with Crippen LogP contribution in [0.5, 0.6) is 28.7 Å². The smallest absolute Gasteiger partial charge is 0.270 e. The number of hydrogen-bond donors (Lipinski definition) is 8. The molecule has 1 unspecified atom stereocenters. The largest absolute Gasteiger partial charge is 0.571 e. The number of hydrogen-bond acceptors (Lipinski definition) is 10. The molecule has 2 heterocycles. The van der Waals surface area contributed by atoms with Gasteiger partial charge in [0.2, 0.25) is 6.29 Å². The number of rotatable bonds is 3. The van der Waals surface area contributed by atoms with Crippen molar-refractivity contribution in [1.29, 1.82) is 0 Å². The molecule has 0 aromatic heterocycles. The van der Waals surface area contributed by atoms with Crippen LogP contribution in [0.1, 0.15) is 17.2 Å². The van der Waals surface area contributed by atoms with E-state index in [9.17, 15) is 40.9 Å². The third kappa shape index (κ3) is 3.80. The van der Waals surface area contributed by atoms with Crippen molar-refractivity contribution in [1.82, 2.24) is 0 Å². The second-order valence-corrected chi connectivity index (χ2v) is 7.21. The van der Waals surface area contributed by atoms with E-state index in [1.807, 2.05) is 0 Å². The Kier molecular flexibility index (Phi) is 5.29. The van der Waals surface area contributed by atoms with Gasteiger partial charge >= 0.3 is 0 Å². The number of aliphatic hydroxyl groups excluding tert-OH is 4. The molecule has 1 fully saturated rings. The normalized spacial score (nSPS) is 30.1. The van der Waals surface area contributed by atoms with Crippen molar-refractivity contribution >= 4 is 6.08 Å². The van der Waals surface area contributed by atoms with Crippen molar-refractivity contribution in [3.05, 3.63) is 47.2 Å². The van der Waals surface area contributed by atoms with Gasteiger partial charge < -0.3 is 55.1 Å². The number of benzene rings is 2. The van der Waals surface area contributed by atoms with Crippen molar-refractivity contribution in [2.24, 2.45) is 0 Å². The zero-order valence-electron chi connectivity index (χ0n) is 15.8. The van der Waals surface area contributed by atoms with E-state index in [0.29, 0.717) is 5.56 Å². The Bertz CT molecular complexity index is 1020. The van der Waals surface area contributed by atoms with E-state index >= 15 is 0 Å². The Balaban J connectivity index is 1.74. The Hall–Kier alpha value is -3.22. The van der Waals surface area contributed by atoms with Crippen LogP contribution in [-0.2, 0) is 9.47 Å². The molecule has 11 heteroatoms. The summed E-state index contributed by atoms with van der Waals surface area (Å²) in [5, 5.41) is 78.9. The van der Waals surface area contributed by atoms with Gasteiger partial charge in [-0.2, -0.15) is 0 Å². The van der Waals surface area contributed by atoms with Crippen LogP contribution in [0.4, 0.5) is 0 Å². The summed E-state index contributed by atoms with van der Waals surface area (Å²) in [5.74, 6) is -1.17. The number of phenolic OH excluding ortho intramolecular Hbond substituents is 4. The lowest BCUT2D eigenvalue weighted by atomic mass is 10.00. The third-order valence-corrected chi connectivity index (χ3v) is 5.06. The molecule has 2 aromatic carbocycles. The minimum atomic E-state index is -1.83. The van der Waals surface area contributed by atoms with Crippen molar-refractivity contribution in [3.8, 4) is 28.7 Å². The second-order valence-electron chi connectivity index (χ2n) is 7.21. The molecule has 0 radical (unpaired) electrons. The molecule has 2 aliphatic heterocycles. The van der Waals surface area contributed by atoms with E-state index < -0.39 is 42.7 Å².